The third-order valence-electron chi connectivity index (χ3n) is 3.88. The summed E-state index contributed by atoms with van der Waals surface area (Å²) < 4.78 is 7.21. The lowest BCUT2D eigenvalue weighted by atomic mass is 10.1. The van der Waals surface area contributed by atoms with E-state index in [1.165, 1.54) is 5.56 Å². The zero-order chi connectivity index (χ0) is 14.1. The number of methoxy groups -OCH3 is 1. The first-order valence-corrected chi connectivity index (χ1v) is 6.83. The van der Waals surface area contributed by atoms with Gasteiger partial charge in [0, 0.05) is 23.0 Å². The number of aromatic nitrogens is 1. The zero-order valence-electron chi connectivity index (χ0n) is 11.6. The fourth-order valence-electron chi connectivity index (χ4n) is 2.90. The fraction of sp³-hybridized carbons (Fsp3) is 0.312. The molecule has 4 nitrogen and oxygen atoms in total. The Labute approximate surface area is 117 Å². The van der Waals surface area contributed by atoms with Crippen molar-refractivity contribution in [2.75, 3.05) is 12.8 Å². The number of aryl methyl sites for hydroxylation is 1. The Morgan fingerprint density at radius 3 is 2.90 bits per heavy atom. The van der Waals surface area contributed by atoms with Crippen LogP contribution in [0.4, 0.5) is 5.69 Å². The molecule has 0 atom stereocenters. The fourth-order valence-corrected chi connectivity index (χ4v) is 2.90. The normalized spacial score (nSPS) is 13.2. The van der Waals surface area contributed by atoms with E-state index in [9.17, 15) is 4.79 Å². The minimum Gasteiger partial charge on any atom is -0.496 e. The van der Waals surface area contributed by atoms with Gasteiger partial charge in [0.2, 0.25) is 0 Å². The molecule has 0 amide bonds. The molecule has 0 saturated heterocycles. The van der Waals surface area contributed by atoms with E-state index in [4.69, 9.17) is 10.5 Å². The van der Waals surface area contributed by atoms with Crippen molar-refractivity contribution >= 4 is 5.69 Å². The van der Waals surface area contributed by atoms with Gasteiger partial charge in [0.05, 0.1) is 13.7 Å². The van der Waals surface area contributed by atoms with Gasteiger partial charge in [-0.3, -0.25) is 4.79 Å². The molecule has 0 spiro atoms. The Bertz CT molecular complexity index is 704. The molecule has 1 aromatic heterocycles. The summed E-state index contributed by atoms with van der Waals surface area (Å²) in [6.07, 6.45) is 3.15. The Hall–Kier alpha value is -2.23. The van der Waals surface area contributed by atoms with Crippen LogP contribution in [0.1, 0.15) is 23.2 Å². The lowest BCUT2D eigenvalue weighted by molar-refractivity contribution is 0.408. The molecule has 20 heavy (non-hydrogen) atoms. The summed E-state index contributed by atoms with van der Waals surface area (Å²) in [7, 11) is 1.63. The van der Waals surface area contributed by atoms with E-state index in [1.54, 1.807) is 19.2 Å². The highest BCUT2D eigenvalue weighted by Gasteiger charge is 2.16. The Balaban J connectivity index is 2.06. The van der Waals surface area contributed by atoms with Crippen LogP contribution in [0.3, 0.4) is 0 Å². The first-order chi connectivity index (χ1) is 9.69. The number of hydrogen-bond acceptors (Lipinski definition) is 3. The van der Waals surface area contributed by atoms with E-state index in [2.05, 4.69) is 0 Å². The number of ether oxygens (including phenoxy) is 1. The van der Waals surface area contributed by atoms with Crippen molar-refractivity contribution < 1.29 is 4.74 Å². The summed E-state index contributed by atoms with van der Waals surface area (Å²) in [6.45, 7) is 0.510. The monoisotopic (exact) mass is 270 g/mol. The summed E-state index contributed by atoms with van der Waals surface area (Å²) in [5.41, 5.74) is 9.94. The van der Waals surface area contributed by atoms with Gasteiger partial charge in [-0.05, 0) is 43.0 Å². The topological polar surface area (TPSA) is 57.2 Å². The van der Waals surface area contributed by atoms with E-state index in [1.807, 2.05) is 22.8 Å². The predicted octanol–water partition coefficient (Wildman–Crippen LogP) is 1.98. The average Bonchev–Trinajstić information content (AvgIpc) is 2.91. The molecular formula is C16H18N2O2. The predicted molar refractivity (Wildman–Crippen MR) is 79.2 cm³/mol. The van der Waals surface area contributed by atoms with Gasteiger partial charge in [-0.2, -0.15) is 0 Å². The first kappa shape index (κ1) is 12.8. The largest absolute Gasteiger partial charge is 0.496 e. The second-order valence-electron chi connectivity index (χ2n) is 5.15. The highest BCUT2D eigenvalue weighted by atomic mass is 16.5. The number of pyridine rings is 1. The molecule has 4 heteroatoms. The van der Waals surface area contributed by atoms with Crippen LogP contribution < -0.4 is 16.0 Å². The second-order valence-corrected chi connectivity index (χ2v) is 5.15. The number of nitrogens with two attached hydrogens (primary N) is 1. The van der Waals surface area contributed by atoms with Crippen molar-refractivity contribution in [2.24, 2.45) is 0 Å². The van der Waals surface area contributed by atoms with Crippen LogP contribution in [-0.2, 0) is 19.4 Å². The van der Waals surface area contributed by atoms with Crippen LogP contribution in [-0.4, -0.2) is 11.7 Å². The number of benzene rings is 1. The van der Waals surface area contributed by atoms with Crippen LogP contribution in [0, 0.1) is 0 Å². The summed E-state index contributed by atoms with van der Waals surface area (Å²) in [5.74, 6) is 0.765. The van der Waals surface area contributed by atoms with E-state index in [0.717, 1.165) is 36.3 Å². The van der Waals surface area contributed by atoms with E-state index in [0.29, 0.717) is 12.2 Å². The summed E-state index contributed by atoms with van der Waals surface area (Å²) in [4.78, 5) is 12.2. The number of anilines is 1. The van der Waals surface area contributed by atoms with Gasteiger partial charge < -0.3 is 15.0 Å². The van der Waals surface area contributed by atoms with Crippen molar-refractivity contribution in [3.63, 3.8) is 0 Å². The van der Waals surface area contributed by atoms with Crippen molar-refractivity contribution in [3.8, 4) is 5.75 Å². The van der Waals surface area contributed by atoms with Gasteiger partial charge >= 0.3 is 0 Å². The molecule has 1 aromatic carbocycles. The van der Waals surface area contributed by atoms with E-state index >= 15 is 0 Å². The van der Waals surface area contributed by atoms with Gasteiger partial charge in [0.15, 0.2) is 0 Å². The average molecular weight is 270 g/mol. The molecule has 104 valence electrons. The summed E-state index contributed by atoms with van der Waals surface area (Å²) in [6, 6.07) is 9.14. The van der Waals surface area contributed by atoms with Crippen LogP contribution in [0.5, 0.6) is 5.75 Å². The maximum atomic E-state index is 12.2. The number of hydrogen-bond donors (Lipinski definition) is 1. The Morgan fingerprint density at radius 2 is 2.10 bits per heavy atom. The third kappa shape index (κ3) is 2.18. The molecule has 3 rings (SSSR count). The van der Waals surface area contributed by atoms with Crippen molar-refractivity contribution in [1.82, 2.24) is 4.57 Å². The van der Waals surface area contributed by atoms with Gasteiger partial charge in [0.1, 0.15) is 5.75 Å². The summed E-state index contributed by atoms with van der Waals surface area (Å²) in [5, 5.41) is 0. The second kappa shape index (κ2) is 5.04. The smallest absolute Gasteiger partial charge is 0.251 e. The van der Waals surface area contributed by atoms with Crippen molar-refractivity contribution in [2.45, 2.75) is 25.8 Å². The molecule has 0 aliphatic heterocycles. The molecular weight excluding hydrogens is 252 g/mol. The first-order valence-electron chi connectivity index (χ1n) is 6.83. The molecule has 2 N–H and O–H groups in total. The number of nitrogens with zero attached hydrogens (tertiary/aromatic N) is 1. The van der Waals surface area contributed by atoms with E-state index < -0.39 is 0 Å². The van der Waals surface area contributed by atoms with Gasteiger partial charge in [-0.1, -0.05) is 6.07 Å². The van der Waals surface area contributed by atoms with Crippen LogP contribution >= 0.6 is 0 Å². The standard InChI is InChI=1S/C16H18N2O2/c1-20-15-7-6-13(17)9-12(15)10-18-14-4-2-3-11(14)5-8-16(18)19/h5-9H,2-4,10,17H2,1H3. The molecule has 0 radical (unpaired) electrons. The molecule has 2 aromatic rings. The van der Waals surface area contributed by atoms with E-state index in [-0.39, 0.29) is 5.56 Å². The zero-order valence-corrected chi connectivity index (χ0v) is 11.6. The summed E-state index contributed by atoms with van der Waals surface area (Å²) >= 11 is 0. The lowest BCUT2D eigenvalue weighted by Gasteiger charge is -2.14. The molecule has 0 saturated carbocycles. The van der Waals surface area contributed by atoms with Gasteiger partial charge in [-0.25, -0.2) is 0 Å². The minimum absolute atomic E-state index is 0.0372. The number of nitrogen functional groups attached to an aromatic ring is 1. The highest BCUT2D eigenvalue weighted by molar-refractivity contribution is 5.48. The SMILES string of the molecule is COc1ccc(N)cc1Cn1c2c(ccc1=O)CCC2. The molecule has 0 bridgehead atoms. The molecule has 0 unspecified atom stereocenters. The number of rotatable bonds is 3. The minimum atomic E-state index is 0.0372. The van der Waals surface area contributed by atoms with Crippen molar-refractivity contribution in [1.29, 1.82) is 0 Å². The third-order valence-corrected chi connectivity index (χ3v) is 3.88. The van der Waals surface area contributed by atoms with Crippen molar-refractivity contribution in [3.05, 3.63) is 57.5 Å². The van der Waals surface area contributed by atoms with Crippen LogP contribution in [0.25, 0.3) is 0 Å². The molecule has 1 aliphatic carbocycles. The number of fused-ring (bicyclic) bond motifs is 1. The highest BCUT2D eigenvalue weighted by Crippen LogP contribution is 2.25. The maximum absolute atomic E-state index is 12.2. The lowest BCUT2D eigenvalue weighted by Crippen LogP contribution is -2.23. The molecule has 1 aliphatic rings. The molecule has 0 fully saturated rings. The quantitative estimate of drug-likeness (QED) is 0.868. The van der Waals surface area contributed by atoms with Crippen LogP contribution in [0.2, 0.25) is 0 Å². The Morgan fingerprint density at radius 1 is 1.25 bits per heavy atom. The molecule has 1 heterocycles. The maximum Gasteiger partial charge on any atom is 0.251 e. The van der Waals surface area contributed by atoms with Crippen LogP contribution in [0.15, 0.2) is 35.1 Å². The Kier molecular flexibility index (Phi) is 3.22. The van der Waals surface area contributed by atoms with Gasteiger partial charge in [-0.15, -0.1) is 0 Å². The van der Waals surface area contributed by atoms with Gasteiger partial charge in [0.25, 0.3) is 5.56 Å².